The number of aromatic nitrogens is 3. The minimum absolute atomic E-state index is 0.128. The lowest BCUT2D eigenvalue weighted by molar-refractivity contribution is -0.174. The van der Waals surface area contributed by atoms with Crippen molar-refractivity contribution in [3.8, 4) is 5.69 Å². The maximum Gasteiger partial charge on any atom is 0.411 e. The summed E-state index contributed by atoms with van der Waals surface area (Å²) >= 11 is 0. The Morgan fingerprint density at radius 3 is 2.62 bits per heavy atom. The van der Waals surface area contributed by atoms with Gasteiger partial charge in [0, 0.05) is 6.42 Å². The molecule has 130 valence electrons. The Morgan fingerprint density at radius 2 is 2.04 bits per heavy atom. The third-order valence-corrected chi connectivity index (χ3v) is 3.19. The Labute approximate surface area is 136 Å². The molecule has 0 saturated carbocycles. The van der Waals surface area contributed by atoms with Crippen LogP contribution in [0.25, 0.3) is 5.69 Å². The van der Waals surface area contributed by atoms with Gasteiger partial charge in [-0.05, 0) is 24.6 Å². The second-order valence-electron chi connectivity index (χ2n) is 5.14. The lowest BCUT2D eigenvalue weighted by Gasteiger charge is -2.15. The molecule has 0 spiro atoms. The Kier molecular flexibility index (Phi) is 5.91. The van der Waals surface area contributed by atoms with Crippen molar-refractivity contribution < 1.29 is 22.7 Å². The molecule has 0 aliphatic heterocycles. The van der Waals surface area contributed by atoms with Crippen molar-refractivity contribution in [2.24, 2.45) is 0 Å². The molecule has 1 unspecified atom stereocenters. The molecule has 0 aliphatic carbocycles. The van der Waals surface area contributed by atoms with Gasteiger partial charge in [0.25, 0.3) is 0 Å². The molecule has 0 saturated heterocycles. The Morgan fingerprint density at radius 1 is 1.33 bits per heavy atom. The molecule has 6 nitrogen and oxygen atoms in total. The van der Waals surface area contributed by atoms with E-state index in [1.807, 2.05) is 24.3 Å². The average molecular weight is 342 g/mol. The molecule has 1 aromatic carbocycles. The summed E-state index contributed by atoms with van der Waals surface area (Å²) in [4.78, 5) is 15.6. The van der Waals surface area contributed by atoms with Crippen molar-refractivity contribution in [1.29, 1.82) is 0 Å². The number of ether oxygens (including phenoxy) is 1. The number of carbonyl (C=O) groups is 1. The Hall–Kier alpha value is -2.42. The maximum absolute atomic E-state index is 11.9. The van der Waals surface area contributed by atoms with Gasteiger partial charge in [-0.3, -0.25) is 4.79 Å². The van der Waals surface area contributed by atoms with Crippen LogP contribution in [0.2, 0.25) is 0 Å². The van der Waals surface area contributed by atoms with Crippen molar-refractivity contribution in [2.45, 2.75) is 25.6 Å². The second kappa shape index (κ2) is 7.91. The van der Waals surface area contributed by atoms with Gasteiger partial charge in [0.05, 0.1) is 18.3 Å². The summed E-state index contributed by atoms with van der Waals surface area (Å²) in [6, 6.07) is 7.06. The first-order valence-corrected chi connectivity index (χ1v) is 7.24. The van der Waals surface area contributed by atoms with Crippen LogP contribution in [0.5, 0.6) is 0 Å². The first kappa shape index (κ1) is 17.9. The predicted molar refractivity (Wildman–Crippen MR) is 79.4 cm³/mol. The van der Waals surface area contributed by atoms with E-state index < -0.39 is 12.8 Å². The fourth-order valence-corrected chi connectivity index (χ4v) is 2.01. The van der Waals surface area contributed by atoms with E-state index in [0.717, 1.165) is 11.3 Å². The van der Waals surface area contributed by atoms with Gasteiger partial charge >= 0.3 is 6.18 Å². The van der Waals surface area contributed by atoms with Gasteiger partial charge in [0.1, 0.15) is 19.3 Å². The van der Waals surface area contributed by atoms with Crippen LogP contribution in [0.1, 0.15) is 24.9 Å². The molecule has 0 bridgehead atoms. The number of benzene rings is 1. The molecule has 2 aromatic rings. The number of halogens is 3. The Balaban J connectivity index is 1.79. The fraction of sp³-hybridized carbons (Fsp3) is 0.400. The summed E-state index contributed by atoms with van der Waals surface area (Å²) in [7, 11) is 0. The topological polar surface area (TPSA) is 69.0 Å². The Bertz CT molecular complexity index is 642. The highest BCUT2D eigenvalue weighted by molar-refractivity contribution is 5.76. The van der Waals surface area contributed by atoms with E-state index in [1.54, 1.807) is 17.9 Å². The minimum atomic E-state index is -4.38. The third-order valence-electron chi connectivity index (χ3n) is 3.19. The summed E-state index contributed by atoms with van der Waals surface area (Å²) in [5, 5.41) is 6.72. The smallest absolute Gasteiger partial charge is 0.372 e. The van der Waals surface area contributed by atoms with Gasteiger partial charge in [-0.15, -0.1) is 0 Å². The van der Waals surface area contributed by atoms with Crippen LogP contribution in [-0.2, 0) is 9.53 Å². The van der Waals surface area contributed by atoms with Gasteiger partial charge in [-0.2, -0.15) is 18.3 Å². The van der Waals surface area contributed by atoms with E-state index in [0.29, 0.717) is 0 Å². The van der Waals surface area contributed by atoms with Gasteiger partial charge in [0.2, 0.25) is 5.91 Å². The van der Waals surface area contributed by atoms with Gasteiger partial charge in [-0.1, -0.05) is 12.1 Å². The largest absolute Gasteiger partial charge is 0.411 e. The van der Waals surface area contributed by atoms with E-state index in [9.17, 15) is 18.0 Å². The van der Waals surface area contributed by atoms with Crippen molar-refractivity contribution in [3.63, 3.8) is 0 Å². The zero-order chi connectivity index (χ0) is 17.6. The highest BCUT2D eigenvalue weighted by Gasteiger charge is 2.27. The fourth-order valence-electron chi connectivity index (χ4n) is 2.01. The van der Waals surface area contributed by atoms with Crippen LogP contribution in [0.15, 0.2) is 36.9 Å². The van der Waals surface area contributed by atoms with Crippen LogP contribution >= 0.6 is 0 Å². The maximum atomic E-state index is 11.9. The average Bonchev–Trinajstić information content (AvgIpc) is 3.05. The highest BCUT2D eigenvalue weighted by atomic mass is 19.4. The summed E-state index contributed by atoms with van der Waals surface area (Å²) in [5.41, 5.74) is 1.69. The molecular formula is C15H17F3N4O2. The van der Waals surface area contributed by atoms with Crippen molar-refractivity contribution in [3.05, 3.63) is 42.5 Å². The number of carbonyl (C=O) groups excluding carboxylic acids is 1. The first-order valence-electron chi connectivity index (χ1n) is 7.24. The molecule has 1 amide bonds. The molecule has 1 atom stereocenters. The molecule has 0 aliphatic rings. The summed E-state index contributed by atoms with van der Waals surface area (Å²) in [5.74, 6) is -0.370. The second-order valence-corrected chi connectivity index (χ2v) is 5.14. The molecule has 24 heavy (non-hydrogen) atoms. The monoisotopic (exact) mass is 342 g/mol. The lowest BCUT2D eigenvalue weighted by atomic mass is 10.1. The molecular weight excluding hydrogens is 325 g/mol. The lowest BCUT2D eigenvalue weighted by Crippen LogP contribution is -2.28. The highest BCUT2D eigenvalue weighted by Crippen LogP contribution is 2.16. The molecule has 0 radical (unpaired) electrons. The van der Waals surface area contributed by atoms with E-state index in [4.69, 9.17) is 0 Å². The quantitative estimate of drug-likeness (QED) is 0.785. The summed E-state index contributed by atoms with van der Waals surface area (Å²) in [6.07, 6.45) is -1.51. The zero-order valence-corrected chi connectivity index (χ0v) is 13.0. The van der Waals surface area contributed by atoms with Crippen molar-refractivity contribution in [1.82, 2.24) is 20.1 Å². The first-order chi connectivity index (χ1) is 11.3. The minimum Gasteiger partial charge on any atom is -0.372 e. The standard InChI is InChI=1S/C15H17F3N4O2/c1-11(21-14(23)6-7-24-8-15(16,17)18)12-2-4-13(5-3-12)22-10-19-9-20-22/h2-5,9-11H,6-8H2,1H3,(H,21,23). The number of nitrogens with zero attached hydrogens (tertiary/aromatic N) is 3. The molecule has 1 heterocycles. The van der Waals surface area contributed by atoms with Crippen molar-refractivity contribution >= 4 is 5.91 Å². The van der Waals surface area contributed by atoms with E-state index in [2.05, 4.69) is 20.1 Å². The zero-order valence-electron chi connectivity index (χ0n) is 13.0. The number of hydrogen-bond acceptors (Lipinski definition) is 4. The van der Waals surface area contributed by atoms with Gasteiger partial charge in [0.15, 0.2) is 0 Å². The normalized spacial score (nSPS) is 12.8. The summed E-state index contributed by atoms with van der Waals surface area (Å²) < 4.78 is 41.7. The van der Waals surface area contributed by atoms with Crippen LogP contribution in [0.3, 0.4) is 0 Å². The number of rotatable bonds is 7. The number of alkyl halides is 3. The van der Waals surface area contributed by atoms with Crippen LogP contribution in [-0.4, -0.2) is 40.1 Å². The predicted octanol–water partition coefficient (Wildman–Crippen LogP) is 2.41. The molecule has 0 fully saturated rings. The van der Waals surface area contributed by atoms with Crippen molar-refractivity contribution in [2.75, 3.05) is 13.2 Å². The molecule has 1 aromatic heterocycles. The number of amides is 1. The third kappa shape index (κ3) is 5.65. The van der Waals surface area contributed by atoms with Crippen LogP contribution in [0, 0.1) is 0 Å². The SMILES string of the molecule is CC(NC(=O)CCOCC(F)(F)F)c1ccc(-n2cncn2)cc1. The van der Waals surface area contributed by atoms with E-state index in [-0.39, 0.29) is 25.0 Å². The van der Waals surface area contributed by atoms with Crippen LogP contribution < -0.4 is 5.32 Å². The van der Waals surface area contributed by atoms with E-state index >= 15 is 0 Å². The van der Waals surface area contributed by atoms with Gasteiger partial charge < -0.3 is 10.1 Å². The summed E-state index contributed by atoms with van der Waals surface area (Å²) in [6.45, 7) is 0.168. The number of hydrogen-bond donors (Lipinski definition) is 1. The molecule has 9 heteroatoms. The molecule has 2 rings (SSSR count). The van der Waals surface area contributed by atoms with Gasteiger partial charge in [-0.25, -0.2) is 9.67 Å². The molecule has 1 N–H and O–H groups in total. The van der Waals surface area contributed by atoms with E-state index in [1.165, 1.54) is 6.33 Å². The number of nitrogens with one attached hydrogen (secondary N) is 1. The van der Waals surface area contributed by atoms with Crippen LogP contribution in [0.4, 0.5) is 13.2 Å².